The van der Waals surface area contributed by atoms with E-state index in [4.69, 9.17) is 12.2 Å². The predicted octanol–water partition coefficient (Wildman–Crippen LogP) is 1.97. The van der Waals surface area contributed by atoms with Crippen molar-refractivity contribution >= 4 is 35.7 Å². The molecule has 2 aromatic heterocycles. The van der Waals surface area contributed by atoms with Gasteiger partial charge in [-0.2, -0.15) is 10.1 Å². The molecule has 0 bridgehead atoms. The molecule has 3 N–H and O–H groups in total. The topological polar surface area (TPSA) is 68.9 Å². The number of nitrogens with zero attached hydrogens (tertiary/aromatic N) is 2. The second-order valence-electron chi connectivity index (χ2n) is 2.40. The molecule has 0 fully saturated rings. The molecule has 0 unspecified atom stereocenters. The lowest BCUT2D eigenvalue weighted by molar-refractivity contribution is 1.07. The molecule has 0 atom stereocenters. The van der Waals surface area contributed by atoms with Crippen molar-refractivity contribution in [3.63, 3.8) is 0 Å². The summed E-state index contributed by atoms with van der Waals surface area (Å²) in [6, 6.07) is 3.94. The molecule has 14 heavy (non-hydrogen) atoms. The SMILES string of the molecule is S=c1nc(N/N=C\c2cccs2)[nH][nH]1. The first-order chi connectivity index (χ1) is 6.84. The average molecular weight is 225 g/mol. The van der Waals surface area contributed by atoms with Crippen molar-refractivity contribution in [1.82, 2.24) is 15.2 Å². The minimum Gasteiger partial charge on any atom is -0.272 e. The van der Waals surface area contributed by atoms with Crippen LogP contribution in [0, 0.1) is 4.77 Å². The Hall–Kier alpha value is -1.47. The summed E-state index contributed by atoms with van der Waals surface area (Å²) >= 11 is 6.39. The van der Waals surface area contributed by atoms with Crippen LogP contribution >= 0.6 is 23.6 Å². The highest BCUT2D eigenvalue weighted by atomic mass is 32.1. The predicted molar refractivity (Wildman–Crippen MR) is 59.3 cm³/mol. The van der Waals surface area contributed by atoms with Gasteiger partial charge in [0.15, 0.2) is 0 Å². The minimum absolute atomic E-state index is 0.402. The quantitative estimate of drug-likeness (QED) is 0.425. The molecule has 0 aliphatic carbocycles. The van der Waals surface area contributed by atoms with Crippen LogP contribution in [0.3, 0.4) is 0 Å². The Labute approximate surface area is 88.9 Å². The van der Waals surface area contributed by atoms with Gasteiger partial charge < -0.3 is 0 Å². The lowest BCUT2D eigenvalue weighted by atomic mass is 10.5. The van der Waals surface area contributed by atoms with Gasteiger partial charge in [-0.15, -0.1) is 11.3 Å². The summed E-state index contributed by atoms with van der Waals surface area (Å²) in [6.45, 7) is 0. The van der Waals surface area contributed by atoms with Gasteiger partial charge in [-0.3, -0.25) is 10.2 Å². The molecule has 0 aliphatic heterocycles. The highest BCUT2D eigenvalue weighted by Crippen LogP contribution is 2.04. The van der Waals surface area contributed by atoms with Crippen molar-refractivity contribution in [1.29, 1.82) is 0 Å². The molecule has 2 aromatic rings. The molecule has 2 rings (SSSR count). The smallest absolute Gasteiger partial charge is 0.238 e. The first-order valence-corrected chi connectivity index (χ1v) is 5.10. The molecule has 0 radical (unpaired) electrons. The summed E-state index contributed by atoms with van der Waals surface area (Å²) in [5.41, 5.74) is 2.72. The van der Waals surface area contributed by atoms with Crippen molar-refractivity contribution in [2.45, 2.75) is 0 Å². The average Bonchev–Trinajstić information content (AvgIpc) is 2.77. The second-order valence-corrected chi connectivity index (χ2v) is 3.77. The zero-order valence-corrected chi connectivity index (χ0v) is 8.65. The van der Waals surface area contributed by atoms with E-state index in [1.54, 1.807) is 17.6 Å². The highest BCUT2D eigenvalue weighted by molar-refractivity contribution is 7.71. The minimum atomic E-state index is 0.402. The van der Waals surface area contributed by atoms with Gasteiger partial charge in [0.05, 0.1) is 6.21 Å². The van der Waals surface area contributed by atoms with E-state index in [9.17, 15) is 0 Å². The van der Waals surface area contributed by atoms with Crippen molar-refractivity contribution < 1.29 is 0 Å². The van der Waals surface area contributed by atoms with Gasteiger partial charge in [-0.25, -0.2) is 5.43 Å². The molecule has 2 heterocycles. The van der Waals surface area contributed by atoms with Gasteiger partial charge in [0.2, 0.25) is 10.7 Å². The lowest BCUT2D eigenvalue weighted by Gasteiger charge is -1.90. The standard InChI is InChI=1S/C7H7N5S2/c13-7-9-6(11-12-7)10-8-4-5-2-1-3-14-5/h1-4H,(H3,9,10,11,12,13)/b8-4-. The maximum absolute atomic E-state index is 4.78. The van der Waals surface area contributed by atoms with E-state index in [1.807, 2.05) is 17.5 Å². The van der Waals surface area contributed by atoms with Crippen LogP contribution in [0.4, 0.5) is 5.95 Å². The Morgan fingerprint density at radius 2 is 2.50 bits per heavy atom. The van der Waals surface area contributed by atoms with Crippen LogP contribution in [0.2, 0.25) is 0 Å². The molecular weight excluding hydrogens is 218 g/mol. The number of rotatable bonds is 3. The highest BCUT2D eigenvalue weighted by Gasteiger charge is 1.91. The molecule has 0 saturated carbocycles. The van der Waals surface area contributed by atoms with Crippen LogP contribution < -0.4 is 5.43 Å². The molecule has 0 amide bonds. The van der Waals surface area contributed by atoms with Gasteiger partial charge >= 0.3 is 0 Å². The van der Waals surface area contributed by atoms with Crippen LogP contribution in [0.15, 0.2) is 22.6 Å². The van der Waals surface area contributed by atoms with Crippen LogP contribution in [0.1, 0.15) is 4.88 Å². The Balaban J connectivity index is 1.98. The fourth-order valence-corrected chi connectivity index (χ4v) is 1.57. The van der Waals surface area contributed by atoms with E-state index in [2.05, 4.69) is 25.7 Å². The molecule has 0 aliphatic rings. The van der Waals surface area contributed by atoms with E-state index in [0.29, 0.717) is 10.7 Å². The number of anilines is 1. The van der Waals surface area contributed by atoms with Crippen molar-refractivity contribution in [2.24, 2.45) is 5.10 Å². The molecular formula is C7H7N5S2. The summed E-state index contributed by atoms with van der Waals surface area (Å²) < 4.78 is 0.402. The number of nitrogens with one attached hydrogen (secondary N) is 3. The maximum Gasteiger partial charge on any atom is 0.238 e. The summed E-state index contributed by atoms with van der Waals surface area (Å²) in [7, 11) is 0. The normalized spacial score (nSPS) is 10.9. The van der Waals surface area contributed by atoms with Gasteiger partial charge in [-0.1, -0.05) is 6.07 Å². The number of hydrazone groups is 1. The van der Waals surface area contributed by atoms with E-state index < -0.39 is 0 Å². The summed E-state index contributed by atoms with van der Waals surface area (Å²) in [5, 5.41) is 11.3. The van der Waals surface area contributed by atoms with Gasteiger partial charge in [0.1, 0.15) is 0 Å². The van der Waals surface area contributed by atoms with Crippen LogP contribution in [0.25, 0.3) is 0 Å². The van der Waals surface area contributed by atoms with Crippen molar-refractivity contribution in [3.05, 3.63) is 27.2 Å². The number of H-pyrrole nitrogens is 2. The number of hydrogen-bond acceptors (Lipinski definition) is 5. The summed E-state index contributed by atoms with van der Waals surface area (Å²) in [5.74, 6) is 0.503. The van der Waals surface area contributed by atoms with Crippen molar-refractivity contribution in [3.8, 4) is 0 Å². The Bertz CT molecular complexity index is 466. The lowest BCUT2D eigenvalue weighted by Crippen LogP contribution is -1.91. The van der Waals surface area contributed by atoms with Gasteiger partial charge in [-0.05, 0) is 23.7 Å². The second kappa shape index (κ2) is 4.16. The third-order valence-corrected chi connectivity index (χ3v) is 2.41. The first kappa shape index (κ1) is 9.10. The third-order valence-electron chi connectivity index (χ3n) is 1.41. The number of aromatic nitrogens is 3. The fraction of sp³-hybridized carbons (Fsp3) is 0. The molecule has 0 aromatic carbocycles. The summed E-state index contributed by atoms with van der Waals surface area (Å²) in [4.78, 5) is 4.99. The van der Waals surface area contributed by atoms with E-state index in [0.717, 1.165) is 4.88 Å². The molecule has 72 valence electrons. The Morgan fingerprint density at radius 3 is 3.14 bits per heavy atom. The van der Waals surface area contributed by atoms with E-state index in [1.165, 1.54) is 0 Å². The Morgan fingerprint density at radius 1 is 1.57 bits per heavy atom. The molecule has 0 saturated heterocycles. The number of hydrogen-bond donors (Lipinski definition) is 3. The van der Waals surface area contributed by atoms with Crippen LogP contribution in [-0.2, 0) is 0 Å². The zero-order valence-electron chi connectivity index (χ0n) is 7.02. The fourth-order valence-electron chi connectivity index (χ4n) is 0.845. The van der Waals surface area contributed by atoms with Crippen molar-refractivity contribution in [2.75, 3.05) is 5.43 Å². The van der Waals surface area contributed by atoms with Crippen LogP contribution in [0.5, 0.6) is 0 Å². The molecule has 0 spiro atoms. The van der Waals surface area contributed by atoms with Gasteiger partial charge in [0.25, 0.3) is 0 Å². The van der Waals surface area contributed by atoms with E-state index >= 15 is 0 Å². The largest absolute Gasteiger partial charge is 0.272 e. The monoisotopic (exact) mass is 225 g/mol. The maximum atomic E-state index is 4.78. The molecule has 5 nitrogen and oxygen atoms in total. The summed E-state index contributed by atoms with van der Waals surface area (Å²) in [6.07, 6.45) is 1.72. The number of thiophene rings is 1. The third kappa shape index (κ3) is 2.27. The number of aromatic amines is 2. The van der Waals surface area contributed by atoms with Crippen LogP contribution in [-0.4, -0.2) is 21.4 Å². The van der Waals surface area contributed by atoms with Gasteiger partial charge in [0, 0.05) is 4.88 Å². The Kier molecular flexibility index (Phi) is 2.70. The first-order valence-electron chi connectivity index (χ1n) is 3.82. The zero-order chi connectivity index (χ0) is 9.80. The van der Waals surface area contributed by atoms with E-state index in [-0.39, 0.29) is 0 Å². The molecule has 7 heteroatoms.